The lowest BCUT2D eigenvalue weighted by molar-refractivity contribution is 0.0256. The molecule has 0 aromatic heterocycles. The van der Waals surface area contributed by atoms with Crippen molar-refractivity contribution in [1.29, 1.82) is 0 Å². The molecule has 1 aliphatic rings. The molecule has 3 atom stereocenters. The van der Waals surface area contributed by atoms with E-state index >= 15 is 0 Å². The summed E-state index contributed by atoms with van der Waals surface area (Å²) in [4.78, 5) is 0. The van der Waals surface area contributed by atoms with Gasteiger partial charge in [0, 0.05) is 6.04 Å². The third-order valence-electron chi connectivity index (χ3n) is 3.71. The predicted molar refractivity (Wildman–Crippen MR) is 77.6 cm³/mol. The van der Waals surface area contributed by atoms with E-state index in [0.717, 1.165) is 24.9 Å². The topological polar surface area (TPSA) is 30.5 Å². The second-order valence-corrected chi connectivity index (χ2v) is 5.43. The van der Waals surface area contributed by atoms with Gasteiger partial charge in [0.1, 0.15) is 6.61 Å². The number of nitrogens with one attached hydrogen (secondary N) is 1. The van der Waals surface area contributed by atoms with E-state index in [1.54, 1.807) is 12.1 Å². The largest absolute Gasteiger partial charge is 0.488 e. The van der Waals surface area contributed by atoms with E-state index in [1.165, 1.54) is 0 Å². The van der Waals surface area contributed by atoms with Gasteiger partial charge in [-0.25, -0.2) is 4.39 Å². The molecule has 2 rings (SSSR count). The third-order valence-corrected chi connectivity index (χ3v) is 3.71. The summed E-state index contributed by atoms with van der Waals surface area (Å²) in [5.41, 5.74) is 0.933. The third kappa shape index (κ3) is 3.93. The van der Waals surface area contributed by atoms with Crippen molar-refractivity contribution in [2.24, 2.45) is 0 Å². The lowest BCUT2D eigenvalue weighted by Gasteiger charge is -2.16. The van der Waals surface area contributed by atoms with Crippen LogP contribution in [0.2, 0.25) is 0 Å². The Morgan fingerprint density at radius 3 is 2.85 bits per heavy atom. The van der Waals surface area contributed by atoms with Gasteiger partial charge in [-0.2, -0.15) is 0 Å². The van der Waals surface area contributed by atoms with Gasteiger partial charge in [0.15, 0.2) is 11.6 Å². The molecule has 112 valence electrons. The predicted octanol–water partition coefficient (Wildman–Crippen LogP) is 3.44. The Morgan fingerprint density at radius 2 is 2.25 bits per heavy atom. The molecule has 0 saturated carbocycles. The first-order valence-corrected chi connectivity index (χ1v) is 7.41. The van der Waals surface area contributed by atoms with Crippen LogP contribution in [0.5, 0.6) is 5.75 Å². The van der Waals surface area contributed by atoms with E-state index < -0.39 is 0 Å². The summed E-state index contributed by atoms with van der Waals surface area (Å²) in [6.45, 7) is 7.39. The van der Waals surface area contributed by atoms with Crippen LogP contribution >= 0.6 is 0 Å². The molecule has 0 amide bonds. The molecule has 0 aliphatic carbocycles. The van der Waals surface area contributed by atoms with Crippen LogP contribution in [0.15, 0.2) is 18.2 Å². The molecule has 1 fully saturated rings. The highest BCUT2D eigenvalue weighted by molar-refractivity contribution is 5.31. The van der Waals surface area contributed by atoms with Gasteiger partial charge >= 0.3 is 0 Å². The van der Waals surface area contributed by atoms with Crippen LogP contribution in [-0.2, 0) is 4.74 Å². The lowest BCUT2D eigenvalue weighted by atomic mass is 10.1. The maximum atomic E-state index is 14.0. The number of ether oxygens (including phenoxy) is 2. The summed E-state index contributed by atoms with van der Waals surface area (Å²) in [6.07, 6.45) is 2.41. The number of rotatable bonds is 6. The Morgan fingerprint density at radius 1 is 1.45 bits per heavy atom. The number of hydrogen-bond donors (Lipinski definition) is 1. The van der Waals surface area contributed by atoms with Crippen LogP contribution in [0.3, 0.4) is 0 Å². The van der Waals surface area contributed by atoms with E-state index in [2.05, 4.69) is 12.2 Å². The van der Waals surface area contributed by atoms with Crippen molar-refractivity contribution in [2.45, 2.75) is 51.9 Å². The summed E-state index contributed by atoms with van der Waals surface area (Å²) >= 11 is 0. The second kappa shape index (κ2) is 7.04. The lowest BCUT2D eigenvalue weighted by Crippen LogP contribution is -2.19. The zero-order chi connectivity index (χ0) is 14.5. The van der Waals surface area contributed by atoms with Crippen LogP contribution in [0.4, 0.5) is 4.39 Å². The highest BCUT2D eigenvalue weighted by Gasteiger charge is 2.22. The van der Waals surface area contributed by atoms with Crippen molar-refractivity contribution >= 4 is 0 Å². The van der Waals surface area contributed by atoms with Crippen LogP contribution in [0, 0.1) is 5.82 Å². The molecule has 0 bridgehead atoms. The normalized spacial score (nSPS) is 23.8. The van der Waals surface area contributed by atoms with E-state index in [4.69, 9.17) is 9.47 Å². The molecule has 0 radical (unpaired) electrons. The Balaban J connectivity index is 1.92. The van der Waals surface area contributed by atoms with Crippen LogP contribution in [0.25, 0.3) is 0 Å². The van der Waals surface area contributed by atoms with E-state index in [9.17, 15) is 4.39 Å². The van der Waals surface area contributed by atoms with Gasteiger partial charge in [-0.05, 0) is 50.9 Å². The first kappa shape index (κ1) is 15.3. The molecular weight excluding hydrogens is 257 g/mol. The van der Waals surface area contributed by atoms with Crippen LogP contribution in [0.1, 0.15) is 45.2 Å². The van der Waals surface area contributed by atoms with E-state index in [1.807, 2.05) is 19.9 Å². The zero-order valence-corrected chi connectivity index (χ0v) is 12.5. The van der Waals surface area contributed by atoms with Crippen molar-refractivity contribution < 1.29 is 13.9 Å². The fourth-order valence-corrected chi connectivity index (χ4v) is 2.52. The average molecular weight is 281 g/mol. The minimum Gasteiger partial charge on any atom is -0.488 e. The SMILES string of the molecule is CCNC(C)c1ccc(OCC2CCC(C)O2)c(F)c1. The van der Waals surface area contributed by atoms with Crippen LogP contribution < -0.4 is 10.1 Å². The number of benzene rings is 1. The molecule has 1 aliphatic heterocycles. The highest BCUT2D eigenvalue weighted by Crippen LogP contribution is 2.24. The minimum absolute atomic E-state index is 0.0877. The number of hydrogen-bond acceptors (Lipinski definition) is 3. The van der Waals surface area contributed by atoms with Gasteiger partial charge < -0.3 is 14.8 Å². The highest BCUT2D eigenvalue weighted by atomic mass is 19.1. The molecule has 1 aromatic carbocycles. The smallest absolute Gasteiger partial charge is 0.165 e. The summed E-state index contributed by atoms with van der Waals surface area (Å²) in [6, 6.07) is 5.30. The van der Waals surface area contributed by atoms with Crippen molar-refractivity contribution in [1.82, 2.24) is 5.32 Å². The molecule has 1 heterocycles. The summed E-state index contributed by atoms with van der Waals surface area (Å²) < 4.78 is 25.2. The standard InChI is InChI=1S/C16H24FNO2/c1-4-18-12(3)13-6-8-16(15(17)9-13)19-10-14-7-5-11(2)20-14/h6,8-9,11-12,14,18H,4-5,7,10H2,1-3H3. The van der Waals surface area contributed by atoms with Gasteiger partial charge in [0.05, 0.1) is 12.2 Å². The van der Waals surface area contributed by atoms with Gasteiger partial charge in [-0.15, -0.1) is 0 Å². The Kier molecular flexibility index (Phi) is 5.38. The fraction of sp³-hybridized carbons (Fsp3) is 0.625. The molecule has 1 aromatic rings. The number of halogens is 1. The molecular formula is C16H24FNO2. The quantitative estimate of drug-likeness (QED) is 0.866. The zero-order valence-electron chi connectivity index (χ0n) is 12.5. The van der Waals surface area contributed by atoms with Crippen molar-refractivity contribution in [3.05, 3.63) is 29.6 Å². The van der Waals surface area contributed by atoms with Crippen molar-refractivity contribution in [3.8, 4) is 5.75 Å². The van der Waals surface area contributed by atoms with E-state index in [-0.39, 0.29) is 24.1 Å². The van der Waals surface area contributed by atoms with Gasteiger partial charge in [-0.3, -0.25) is 0 Å². The second-order valence-electron chi connectivity index (χ2n) is 5.43. The molecule has 3 nitrogen and oxygen atoms in total. The molecule has 1 N–H and O–H groups in total. The first-order chi connectivity index (χ1) is 9.60. The first-order valence-electron chi connectivity index (χ1n) is 7.41. The van der Waals surface area contributed by atoms with Crippen LogP contribution in [-0.4, -0.2) is 25.4 Å². The monoisotopic (exact) mass is 281 g/mol. The molecule has 1 saturated heterocycles. The summed E-state index contributed by atoms with van der Waals surface area (Å²) in [7, 11) is 0. The van der Waals surface area contributed by atoms with Crippen molar-refractivity contribution in [3.63, 3.8) is 0 Å². The summed E-state index contributed by atoms with van der Waals surface area (Å²) in [5, 5.41) is 3.26. The average Bonchev–Trinajstić information content (AvgIpc) is 2.83. The van der Waals surface area contributed by atoms with Gasteiger partial charge in [0.25, 0.3) is 0 Å². The summed E-state index contributed by atoms with van der Waals surface area (Å²) in [5.74, 6) is -0.00102. The maximum absolute atomic E-state index is 14.0. The Labute approximate surface area is 120 Å². The Bertz CT molecular complexity index is 438. The van der Waals surface area contributed by atoms with E-state index in [0.29, 0.717) is 12.4 Å². The Hall–Kier alpha value is -1.13. The van der Waals surface area contributed by atoms with Gasteiger partial charge in [-0.1, -0.05) is 13.0 Å². The molecule has 20 heavy (non-hydrogen) atoms. The molecule has 0 spiro atoms. The maximum Gasteiger partial charge on any atom is 0.165 e. The minimum atomic E-state index is -0.307. The molecule has 4 heteroatoms. The molecule has 3 unspecified atom stereocenters. The van der Waals surface area contributed by atoms with Gasteiger partial charge in [0.2, 0.25) is 0 Å². The van der Waals surface area contributed by atoms with Crippen molar-refractivity contribution in [2.75, 3.05) is 13.2 Å². The fourth-order valence-electron chi connectivity index (χ4n) is 2.52.